The molecule has 106 valence electrons. The maximum atomic E-state index is 12.0. The largest absolute Gasteiger partial charge is 0.350 e. The van der Waals surface area contributed by atoms with Gasteiger partial charge in [-0.05, 0) is 19.3 Å². The van der Waals surface area contributed by atoms with Gasteiger partial charge in [0.2, 0.25) is 5.91 Å². The van der Waals surface area contributed by atoms with Crippen LogP contribution in [0.5, 0.6) is 0 Å². The van der Waals surface area contributed by atoms with Gasteiger partial charge in [-0.2, -0.15) is 0 Å². The molecule has 1 aliphatic carbocycles. The van der Waals surface area contributed by atoms with Crippen molar-refractivity contribution in [3.05, 3.63) is 16.1 Å². The van der Waals surface area contributed by atoms with Gasteiger partial charge in [0.05, 0.1) is 6.54 Å². The van der Waals surface area contributed by atoms with Gasteiger partial charge in [-0.25, -0.2) is 4.98 Å². The minimum absolute atomic E-state index is 0.0534. The van der Waals surface area contributed by atoms with Crippen molar-refractivity contribution in [2.45, 2.75) is 64.0 Å². The molecule has 1 amide bonds. The van der Waals surface area contributed by atoms with E-state index in [1.54, 1.807) is 11.3 Å². The number of aromatic nitrogens is 1. The SMILES string of the molecule is CCc1cnc(CNC(=O)CC2(N)CCCCC2)s1. The first kappa shape index (κ1) is 14.5. The second kappa shape index (κ2) is 6.48. The number of hydrogen-bond donors (Lipinski definition) is 2. The van der Waals surface area contributed by atoms with Gasteiger partial charge in [0, 0.05) is 23.0 Å². The van der Waals surface area contributed by atoms with Crippen LogP contribution >= 0.6 is 11.3 Å². The zero-order chi connectivity index (χ0) is 13.7. The Morgan fingerprint density at radius 2 is 2.21 bits per heavy atom. The zero-order valence-electron chi connectivity index (χ0n) is 11.6. The number of aryl methyl sites for hydroxylation is 1. The Morgan fingerprint density at radius 1 is 1.47 bits per heavy atom. The molecule has 0 spiro atoms. The Labute approximate surface area is 118 Å². The zero-order valence-corrected chi connectivity index (χ0v) is 12.4. The summed E-state index contributed by atoms with van der Waals surface area (Å²) in [6.45, 7) is 2.64. The average molecular weight is 281 g/mol. The minimum atomic E-state index is -0.278. The highest BCUT2D eigenvalue weighted by molar-refractivity contribution is 7.11. The lowest BCUT2D eigenvalue weighted by Crippen LogP contribution is -2.45. The van der Waals surface area contributed by atoms with Gasteiger partial charge in [0.25, 0.3) is 0 Å². The lowest BCUT2D eigenvalue weighted by atomic mass is 9.80. The number of carbonyl (C=O) groups is 1. The molecular formula is C14H23N3OS. The second-order valence-corrected chi connectivity index (χ2v) is 6.65. The van der Waals surface area contributed by atoms with Gasteiger partial charge in [0.15, 0.2) is 0 Å². The summed E-state index contributed by atoms with van der Waals surface area (Å²) >= 11 is 1.66. The Hall–Kier alpha value is -0.940. The van der Waals surface area contributed by atoms with Gasteiger partial charge in [-0.15, -0.1) is 11.3 Å². The van der Waals surface area contributed by atoms with Crippen LogP contribution in [0.1, 0.15) is 55.3 Å². The lowest BCUT2D eigenvalue weighted by molar-refractivity contribution is -0.122. The van der Waals surface area contributed by atoms with E-state index in [2.05, 4.69) is 17.2 Å². The quantitative estimate of drug-likeness (QED) is 0.870. The molecule has 0 aliphatic heterocycles. The average Bonchev–Trinajstić information content (AvgIpc) is 2.84. The molecule has 1 aliphatic rings. The van der Waals surface area contributed by atoms with E-state index in [1.807, 2.05) is 6.20 Å². The molecule has 1 fully saturated rings. The first-order valence-corrected chi connectivity index (χ1v) is 7.92. The Balaban J connectivity index is 1.77. The third kappa shape index (κ3) is 4.28. The van der Waals surface area contributed by atoms with Gasteiger partial charge >= 0.3 is 0 Å². The summed E-state index contributed by atoms with van der Waals surface area (Å²) in [4.78, 5) is 17.5. The van der Waals surface area contributed by atoms with E-state index in [9.17, 15) is 4.79 Å². The molecule has 2 rings (SSSR count). The third-order valence-electron chi connectivity index (χ3n) is 3.75. The molecule has 0 saturated heterocycles. The fourth-order valence-electron chi connectivity index (χ4n) is 2.58. The number of carbonyl (C=O) groups excluding carboxylic acids is 1. The van der Waals surface area contributed by atoms with E-state index in [4.69, 9.17) is 5.73 Å². The van der Waals surface area contributed by atoms with Crippen molar-refractivity contribution in [3.8, 4) is 0 Å². The number of thiazole rings is 1. The predicted molar refractivity (Wildman–Crippen MR) is 78.0 cm³/mol. The molecule has 0 unspecified atom stereocenters. The van der Waals surface area contributed by atoms with Crippen LogP contribution in [-0.2, 0) is 17.8 Å². The fraction of sp³-hybridized carbons (Fsp3) is 0.714. The van der Waals surface area contributed by atoms with Crippen LogP contribution in [0.2, 0.25) is 0 Å². The highest BCUT2D eigenvalue weighted by atomic mass is 32.1. The van der Waals surface area contributed by atoms with Crippen molar-refractivity contribution in [2.24, 2.45) is 5.73 Å². The van der Waals surface area contributed by atoms with Crippen LogP contribution in [-0.4, -0.2) is 16.4 Å². The summed E-state index contributed by atoms with van der Waals surface area (Å²) < 4.78 is 0. The first-order chi connectivity index (χ1) is 9.11. The van der Waals surface area contributed by atoms with Gasteiger partial charge in [-0.1, -0.05) is 26.2 Å². The Bertz CT molecular complexity index is 424. The van der Waals surface area contributed by atoms with E-state index in [1.165, 1.54) is 11.3 Å². The minimum Gasteiger partial charge on any atom is -0.350 e. The molecule has 5 heteroatoms. The van der Waals surface area contributed by atoms with Crippen molar-refractivity contribution in [2.75, 3.05) is 0 Å². The number of nitrogens with one attached hydrogen (secondary N) is 1. The van der Waals surface area contributed by atoms with E-state index < -0.39 is 0 Å². The van der Waals surface area contributed by atoms with Crippen molar-refractivity contribution < 1.29 is 4.79 Å². The molecule has 0 bridgehead atoms. The molecule has 3 N–H and O–H groups in total. The maximum Gasteiger partial charge on any atom is 0.222 e. The molecular weight excluding hydrogens is 258 g/mol. The topological polar surface area (TPSA) is 68.0 Å². The number of hydrogen-bond acceptors (Lipinski definition) is 4. The molecule has 1 aromatic heterocycles. The van der Waals surface area contributed by atoms with E-state index in [0.717, 1.165) is 37.1 Å². The molecule has 0 atom stereocenters. The molecule has 1 aromatic rings. The lowest BCUT2D eigenvalue weighted by Gasteiger charge is -2.32. The first-order valence-electron chi connectivity index (χ1n) is 7.10. The predicted octanol–water partition coefficient (Wildman–Crippen LogP) is 2.37. The third-order valence-corrected chi connectivity index (χ3v) is 4.89. The highest BCUT2D eigenvalue weighted by Gasteiger charge is 2.29. The molecule has 0 radical (unpaired) electrons. The monoisotopic (exact) mass is 281 g/mol. The van der Waals surface area contributed by atoms with Gasteiger partial charge < -0.3 is 11.1 Å². The van der Waals surface area contributed by atoms with E-state index in [-0.39, 0.29) is 11.4 Å². The summed E-state index contributed by atoms with van der Waals surface area (Å²) in [5.74, 6) is 0.0534. The molecule has 4 nitrogen and oxygen atoms in total. The van der Waals surface area contributed by atoms with Crippen molar-refractivity contribution in [1.82, 2.24) is 10.3 Å². The van der Waals surface area contributed by atoms with Crippen LogP contribution in [0.4, 0.5) is 0 Å². The smallest absolute Gasteiger partial charge is 0.222 e. The highest BCUT2D eigenvalue weighted by Crippen LogP contribution is 2.28. The molecule has 0 aromatic carbocycles. The van der Waals surface area contributed by atoms with Gasteiger partial charge in [0.1, 0.15) is 5.01 Å². The summed E-state index contributed by atoms with van der Waals surface area (Å²) in [5, 5.41) is 3.91. The summed E-state index contributed by atoms with van der Waals surface area (Å²) in [7, 11) is 0. The Kier molecular flexibility index (Phi) is 4.93. The van der Waals surface area contributed by atoms with E-state index in [0.29, 0.717) is 13.0 Å². The summed E-state index contributed by atoms with van der Waals surface area (Å²) in [6, 6.07) is 0. The van der Waals surface area contributed by atoms with Crippen LogP contribution in [0, 0.1) is 0 Å². The van der Waals surface area contributed by atoms with Crippen LogP contribution in [0.3, 0.4) is 0 Å². The summed E-state index contributed by atoms with van der Waals surface area (Å²) in [6.07, 6.45) is 8.81. The number of nitrogens with zero attached hydrogens (tertiary/aromatic N) is 1. The standard InChI is InChI=1S/C14H23N3OS/c1-2-11-9-17-13(19-11)10-16-12(18)8-14(15)6-4-3-5-7-14/h9H,2-8,10,15H2,1H3,(H,16,18). The Morgan fingerprint density at radius 3 is 2.84 bits per heavy atom. The van der Waals surface area contributed by atoms with Crippen molar-refractivity contribution in [3.63, 3.8) is 0 Å². The molecule has 1 heterocycles. The van der Waals surface area contributed by atoms with Gasteiger partial charge in [-0.3, -0.25) is 4.79 Å². The van der Waals surface area contributed by atoms with E-state index >= 15 is 0 Å². The van der Waals surface area contributed by atoms with Crippen LogP contribution < -0.4 is 11.1 Å². The maximum absolute atomic E-state index is 12.0. The molecule has 19 heavy (non-hydrogen) atoms. The van der Waals surface area contributed by atoms with Crippen LogP contribution in [0.15, 0.2) is 6.20 Å². The second-order valence-electron chi connectivity index (χ2n) is 5.45. The van der Waals surface area contributed by atoms with Crippen LogP contribution in [0.25, 0.3) is 0 Å². The summed E-state index contributed by atoms with van der Waals surface area (Å²) in [5.41, 5.74) is 6.00. The molecule has 1 saturated carbocycles. The fourth-order valence-corrected chi connectivity index (χ4v) is 3.38. The van der Waals surface area contributed by atoms with Crippen molar-refractivity contribution in [1.29, 1.82) is 0 Å². The van der Waals surface area contributed by atoms with Crippen molar-refractivity contribution >= 4 is 17.2 Å². The number of rotatable bonds is 5. The normalized spacial score (nSPS) is 18.2. The number of nitrogens with two attached hydrogens (primary N) is 1. The number of amides is 1.